The maximum Gasteiger partial charge on any atom is 0.272 e. The lowest BCUT2D eigenvalue weighted by Gasteiger charge is -2.36. The normalized spacial score (nSPS) is 14.6. The lowest BCUT2D eigenvalue weighted by atomic mass is 10.2. The van der Waals surface area contributed by atoms with E-state index in [0.29, 0.717) is 44.4 Å². The summed E-state index contributed by atoms with van der Waals surface area (Å²) in [5.74, 6) is 0.0272. The number of hydrogen-bond acceptors (Lipinski definition) is 5. The van der Waals surface area contributed by atoms with E-state index in [-0.39, 0.29) is 11.7 Å². The molecule has 0 saturated carbocycles. The minimum absolute atomic E-state index is 0.128. The minimum Gasteiger partial charge on any atom is -0.478 e. The number of ether oxygens (including phenoxy) is 1. The summed E-state index contributed by atoms with van der Waals surface area (Å²) in [7, 11) is 0. The van der Waals surface area contributed by atoms with Crippen molar-refractivity contribution >= 4 is 11.6 Å². The Balaban J connectivity index is 1.62. The molecule has 0 spiro atoms. The highest BCUT2D eigenvalue weighted by Crippen LogP contribution is 2.18. The van der Waals surface area contributed by atoms with Gasteiger partial charge in [0.2, 0.25) is 5.88 Å². The summed E-state index contributed by atoms with van der Waals surface area (Å²) in [5, 5.41) is 0. The first-order valence-electron chi connectivity index (χ1n) is 7.92. The van der Waals surface area contributed by atoms with Gasteiger partial charge in [-0.2, -0.15) is 0 Å². The molecule has 1 aliphatic rings. The second kappa shape index (κ2) is 7.25. The molecule has 1 amide bonds. The maximum absolute atomic E-state index is 13.0. The molecule has 2 aromatic rings. The van der Waals surface area contributed by atoms with Crippen molar-refractivity contribution in [1.82, 2.24) is 14.9 Å². The summed E-state index contributed by atoms with van der Waals surface area (Å²) < 4.78 is 18.3. The zero-order valence-corrected chi connectivity index (χ0v) is 13.5. The van der Waals surface area contributed by atoms with E-state index in [1.165, 1.54) is 18.5 Å². The van der Waals surface area contributed by atoms with E-state index < -0.39 is 0 Å². The highest BCUT2D eigenvalue weighted by Gasteiger charge is 2.23. The fourth-order valence-corrected chi connectivity index (χ4v) is 2.66. The van der Waals surface area contributed by atoms with Crippen LogP contribution in [0.4, 0.5) is 10.1 Å². The van der Waals surface area contributed by atoms with E-state index in [4.69, 9.17) is 4.74 Å². The summed E-state index contributed by atoms with van der Waals surface area (Å²) in [5.41, 5.74) is 1.30. The monoisotopic (exact) mass is 330 g/mol. The standard InChI is InChI=1S/C17H19FN4O2/c1-2-24-16-11-15(19-12-20-16)17(23)22-9-7-21(8-10-22)14-5-3-13(18)4-6-14/h3-6,11-12H,2,7-10H2,1H3. The zero-order chi connectivity index (χ0) is 16.9. The second-order valence-electron chi connectivity index (χ2n) is 5.43. The minimum atomic E-state index is -0.249. The summed E-state index contributed by atoms with van der Waals surface area (Å²) in [4.78, 5) is 24.5. The number of halogens is 1. The van der Waals surface area contributed by atoms with Crippen LogP contribution in [0.1, 0.15) is 17.4 Å². The number of aromatic nitrogens is 2. The van der Waals surface area contributed by atoms with Crippen LogP contribution in [-0.2, 0) is 0 Å². The van der Waals surface area contributed by atoms with Crippen molar-refractivity contribution in [2.24, 2.45) is 0 Å². The number of amides is 1. The van der Waals surface area contributed by atoms with Crippen molar-refractivity contribution in [3.8, 4) is 5.88 Å². The van der Waals surface area contributed by atoms with Crippen LogP contribution in [0.5, 0.6) is 5.88 Å². The fraction of sp³-hybridized carbons (Fsp3) is 0.353. The third kappa shape index (κ3) is 3.61. The van der Waals surface area contributed by atoms with Gasteiger partial charge in [0, 0.05) is 37.9 Å². The smallest absolute Gasteiger partial charge is 0.272 e. The summed E-state index contributed by atoms with van der Waals surface area (Å²) >= 11 is 0. The van der Waals surface area contributed by atoms with Crippen molar-refractivity contribution < 1.29 is 13.9 Å². The van der Waals surface area contributed by atoms with Crippen molar-refractivity contribution in [2.75, 3.05) is 37.7 Å². The van der Waals surface area contributed by atoms with E-state index in [1.807, 2.05) is 6.92 Å². The molecule has 2 heterocycles. The quantitative estimate of drug-likeness (QED) is 0.858. The second-order valence-corrected chi connectivity index (χ2v) is 5.43. The summed E-state index contributed by atoms with van der Waals surface area (Å²) in [6, 6.07) is 7.97. The molecule has 24 heavy (non-hydrogen) atoms. The number of carbonyl (C=O) groups excluding carboxylic acids is 1. The average Bonchev–Trinajstić information content (AvgIpc) is 2.62. The molecule has 7 heteroatoms. The van der Waals surface area contributed by atoms with Gasteiger partial charge in [0.05, 0.1) is 6.61 Å². The number of anilines is 1. The number of benzene rings is 1. The first-order chi connectivity index (χ1) is 11.7. The molecule has 1 fully saturated rings. The Hall–Kier alpha value is -2.70. The summed E-state index contributed by atoms with van der Waals surface area (Å²) in [6.45, 7) is 4.91. The molecular weight excluding hydrogens is 311 g/mol. The highest BCUT2D eigenvalue weighted by molar-refractivity contribution is 5.92. The van der Waals surface area contributed by atoms with Crippen molar-refractivity contribution in [1.29, 1.82) is 0 Å². The lowest BCUT2D eigenvalue weighted by molar-refractivity contribution is 0.0740. The molecule has 0 unspecified atom stereocenters. The third-order valence-corrected chi connectivity index (χ3v) is 3.91. The van der Waals surface area contributed by atoms with Crippen molar-refractivity contribution in [3.05, 3.63) is 48.2 Å². The van der Waals surface area contributed by atoms with Gasteiger partial charge in [-0.25, -0.2) is 14.4 Å². The number of piperazine rings is 1. The molecule has 126 valence electrons. The van der Waals surface area contributed by atoms with Gasteiger partial charge in [-0.05, 0) is 31.2 Å². The van der Waals surface area contributed by atoms with Gasteiger partial charge in [0.15, 0.2) is 0 Å². The Morgan fingerprint density at radius 1 is 1.17 bits per heavy atom. The third-order valence-electron chi connectivity index (χ3n) is 3.91. The number of rotatable bonds is 4. The zero-order valence-electron chi connectivity index (χ0n) is 13.5. The predicted molar refractivity (Wildman–Crippen MR) is 87.7 cm³/mol. The van der Waals surface area contributed by atoms with Crippen LogP contribution in [0.25, 0.3) is 0 Å². The Morgan fingerprint density at radius 2 is 1.88 bits per heavy atom. The van der Waals surface area contributed by atoms with E-state index in [2.05, 4.69) is 14.9 Å². The topological polar surface area (TPSA) is 58.6 Å². The average molecular weight is 330 g/mol. The highest BCUT2D eigenvalue weighted by atomic mass is 19.1. The molecule has 6 nitrogen and oxygen atoms in total. The van der Waals surface area contributed by atoms with Gasteiger partial charge in [0.1, 0.15) is 17.8 Å². The van der Waals surface area contributed by atoms with Crippen LogP contribution >= 0.6 is 0 Å². The molecule has 1 saturated heterocycles. The Labute approximate surface area is 139 Å². The lowest BCUT2D eigenvalue weighted by Crippen LogP contribution is -2.49. The SMILES string of the molecule is CCOc1cc(C(=O)N2CCN(c3ccc(F)cc3)CC2)ncn1. The Kier molecular flexibility index (Phi) is 4.88. The van der Waals surface area contributed by atoms with Crippen LogP contribution in [0.15, 0.2) is 36.7 Å². The number of nitrogens with zero attached hydrogens (tertiary/aromatic N) is 4. The van der Waals surface area contributed by atoms with E-state index in [9.17, 15) is 9.18 Å². The van der Waals surface area contributed by atoms with Crippen LogP contribution in [0.2, 0.25) is 0 Å². The van der Waals surface area contributed by atoms with Crippen LogP contribution < -0.4 is 9.64 Å². The number of carbonyl (C=O) groups is 1. The van der Waals surface area contributed by atoms with Gasteiger partial charge >= 0.3 is 0 Å². The molecule has 0 radical (unpaired) electrons. The largest absolute Gasteiger partial charge is 0.478 e. The Bertz CT molecular complexity index is 700. The molecule has 0 bridgehead atoms. The van der Waals surface area contributed by atoms with Crippen LogP contribution in [-0.4, -0.2) is 53.6 Å². The molecule has 3 rings (SSSR count). The molecular formula is C17H19FN4O2. The van der Waals surface area contributed by atoms with E-state index in [0.717, 1.165) is 5.69 Å². The molecule has 0 aliphatic carbocycles. The van der Waals surface area contributed by atoms with E-state index >= 15 is 0 Å². The maximum atomic E-state index is 13.0. The van der Waals surface area contributed by atoms with Gasteiger partial charge in [0.25, 0.3) is 5.91 Å². The summed E-state index contributed by atoms with van der Waals surface area (Å²) in [6.07, 6.45) is 1.34. The predicted octanol–water partition coefficient (Wildman–Crippen LogP) is 1.98. The molecule has 1 aliphatic heterocycles. The van der Waals surface area contributed by atoms with Gasteiger partial charge in [-0.1, -0.05) is 0 Å². The van der Waals surface area contributed by atoms with Gasteiger partial charge in [-0.15, -0.1) is 0 Å². The number of hydrogen-bond donors (Lipinski definition) is 0. The van der Waals surface area contributed by atoms with Crippen LogP contribution in [0.3, 0.4) is 0 Å². The van der Waals surface area contributed by atoms with E-state index in [1.54, 1.807) is 23.1 Å². The first kappa shape index (κ1) is 16.2. The molecule has 1 aromatic carbocycles. The van der Waals surface area contributed by atoms with Gasteiger partial charge < -0.3 is 14.5 Å². The molecule has 0 N–H and O–H groups in total. The fourth-order valence-electron chi connectivity index (χ4n) is 2.66. The van der Waals surface area contributed by atoms with Crippen molar-refractivity contribution in [3.63, 3.8) is 0 Å². The van der Waals surface area contributed by atoms with Crippen LogP contribution in [0, 0.1) is 5.82 Å². The van der Waals surface area contributed by atoms with Gasteiger partial charge in [-0.3, -0.25) is 4.79 Å². The van der Waals surface area contributed by atoms with Crippen molar-refractivity contribution in [2.45, 2.75) is 6.92 Å². The molecule has 1 aromatic heterocycles. The Morgan fingerprint density at radius 3 is 2.54 bits per heavy atom. The molecule has 0 atom stereocenters. The first-order valence-corrected chi connectivity index (χ1v) is 7.92.